The van der Waals surface area contributed by atoms with E-state index in [9.17, 15) is 14.0 Å². The first-order valence-electron chi connectivity index (χ1n) is 6.79. The zero-order valence-electron chi connectivity index (χ0n) is 12.5. The zero-order valence-corrected chi connectivity index (χ0v) is 13.3. The third-order valence-corrected chi connectivity index (χ3v) is 3.70. The van der Waals surface area contributed by atoms with Crippen LogP contribution in [0.4, 0.5) is 9.18 Å². The molecule has 3 amide bonds. The molecule has 1 aromatic carbocycles. The van der Waals surface area contributed by atoms with E-state index in [1.807, 2.05) is 0 Å². The Bertz CT molecular complexity index is 746. The number of thioether (sulfide) groups is 1. The Labute approximate surface area is 141 Å². The molecule has 10 heteroatoms. The van der Waals surface area contributed by atoms with Gasteiger partial charge in [0.2, 0.25) is 11.1 Å². The lowest BCUT2D eigenvalue weighted by atomic mass is 10.2. The Morgan fingerprint density at radius 2 is 2.04 bits per heavy atom. The molecule has 2 aromatic rings. The minimum atomic E-state index is -0.610. The second-order valence-electron chi connectivity index (χ2n) is 4.52. The van der Waals surface area contributed by atoms with Gasteiger partial charge in [0.05, 0.1) is 5.75 Å². The predicted molar refractivity (Wildman–Crippen MR) is 88.0 cm³/mol. The Balaban J connectivity index is 1.94. The van der Waals surface area contributed by atoms with E-state index in [4.69, 9.17) is 5.84 Å². The maximum absolute atomic E-state index is 12.9. The van der Waals surface area contributed by atoms with Crippen LogP contribution in [0.1, 0.15) is 0 Å². The van der Waals surface area contributed by atoms with Crippen molar-refractivity contribution in [1.82, 2.24) is 25.5 Å². The minimum Gasteiger partial charge on any atom is -0.335 e. The molecule has 0 saturated carbocycles. The van der Waals surface area contributed by atoms with E-state index < -0.39 is 11.9 Å². The van der Waals surface area contributed by atoms with Gasteiger partial charge in [-0.1, -0.05) is 17.8 Å². The fourth-order valence-corrected chi connectivity index (χ4v) is 2.33. The van der Waals surface area contributed by atoms with Crippen LogP contribution in [0.2, 0.25) is 0 Å². The Morgan fingerprint density at radius 3 is 2.71 bits per heavy atom. The van der Waals surface area contributed by atoms with Crippen molar-refractivity contribution in [3.05, 3.63) is 42.7 Å². The molecule has 0 atom stereocenters. The zero-order chi connectivity index (χ0) is 17.5. The van der Waals surface area contributed by atoms with Gasteiger partial charge < -0.3 is 11.2 Å². The molecule has 0 aliphatic heterocycles. The van der Waals surface area contributed by atoms with Gasteiger partial charge in [0, 0.05) is 12.1 Å². The quantitative estimate of drug-likeness (QED) is 0.405. The number of carbonyl (C=O) groups is 2. The number of nitrogens with zero attached hydrogens (tertiary/aromatic N) is 3. The SMILES string of the molecule is C=CCNC(=O)NC(=O)CSc1nnc(-c2ccc(F)cc2)n1N. The molecule has 0 aliphatic carbocycles. The van der Waals surface area contributed by atoms with Gasteiger partial charge in [-0.15, -0.1) is 16.8 Å². The van der Waals surface area contributed by atoms with Crippen LogP contribution in [-0.4, -0.2) is 39.1 Å². The number of benzene rings is 1. The molecule has 0 unspecified atom stereocenters. The number of amides is 3. The molecule has 126 valence electrons. The number of halogens is 1. The van der Waals surface area contributed by atoms with Gasteiger partial charge in [-0.05, 0) is 24.3 Å². The number of urea groups is 1. The van der Waals surface area contributed by atoms with Crippen molar-refractivity contribution >= 4 is 23.7 Å². The van der Waals surface area contributed by atoms with Crippen LogP contribution in [0.15, 0.2) is 42.1 Å². The summed E-state index contributed by atoms with van der Waals surface area (Å²) in [4.78, 5) is 23.0. The highest BCUT2D eigenvalue weighted by Gasteiger charge is 2.14. The number of hydrogen-bond donors (Lipinski definition) is 3. The summed E-state index contributed by atoms with van der Waals surface area (Å²) in [5, 5.41) is 12.7. The topological polar surface area (TPSA) is 115 Å². The maximum Gasteiger partial charge on any atom is 0.321 e. The number of hydrogen-bond acceptors (Lipinski definition) is 6. The molecular weight excluding hydrogens is 335 g/mol. The minimum absolute atomic E-state index is 0.0692. The number of nitrogens with one attached hydrogen (secondary N) is 2. The highest BCUT2D eigenvalue weighted by molar-refractivity contribution is 7.99. The van der Waals surface area contributed by atoms with E-state index in [2.05, 4.69) is 27.4 Å². The molecule has 24 heavy (non-hydrogen) atoms. The standard InChI is InChI=1S/C14H15FN6O2S/c1-2-7-17-13(23)18-11(22)8-24-14-20-19-12(21(14)16)9-3-5-10(15)6-4-9/h2-6H,1,7-8,16H2,(H2,17,18,22,23). The summed E-state index contributed by atoms with van der Waals surface area (Å²) in [6.07, 6.45) is 1.49. The lowest BCUT2D eigenvalue weighted by Crippen LogP contribution is -2.40. The van der Waals surface area contributed by atoms with E-state index in [1.165, 1.54) is 35.0 Å². The van der Waals surface area contributed by atoms with Crippen LogP contribution in [-0.2, 0) is 4.79 Å². The Hall–Kier alpha value is -2.88. The van der Waals surface area contributed by atoms with E-state index in [0.29, 0.717) is 11.4 Å². The van der Waals surface area contributed by atoms with Gasteiger partial charge in [0.15, 0.2) is 5.82 Å². The van der Waals surface area contributed by atoms with E-state index in [-0.39, 0.29) is 23.3 Å². The van der Waals surface area contributed by atoms with Crippen molar-refractivity contribution in [3.8, 4) is 11.4 Å². The average molecular weight is 350 g/mol. The maximum atomic E-state index is 12.9. The van der Waals surface area contributed by atoms with Crippen LogP contribution in [0.3, 0.4) is 0 Å². The fourth-order valence-electron chi connectivity index (χ4n) is 1.67. The molecular formula is C14H15FN6O2S. The van der Waals surface area contributed by atoms with Crippen LogP contribution in [0, 0.1) is 5.82 Å². The average Bonchev–Trinajstić information content (AvgIpc) is 2.92. The Morgan fingerprint density at radius 1 is 1.33 bits per heavy atom. The van der Waals surface area contributed by atoms with Gasteiger partial charge in [-0.25, -0.2) is 13.9 Å². The molecule has 1 heterocycles. The molecule has 0 bridgehead atoms. The van der Waals surface area contributed by atoms with Gasteiger partial charge in [0.1, 0.15) is 5.82 Å². The van der Waals surface area contributed by atoms with Gasteiger partial charge in [-0.2, -0.15) is 0 Å². The summed E-state index contributed by atoms with van der Waals surface area (Å²) in [5.41, 5.74) is 0.589. The first-order chi connectivity index (χ1) is 11.5. The molecule has 0 aliphatic rings. The van der Waals surface area contributed by atoms with Crippen molar-refractivity contribution < 1.29 is 14.0 Å². The summed E-state index contributed by atoms with van der Waals surface area (Å²) in [5.74, 6) is 5.27. The first kappa shape index (κ1) is 17.5. The summed E-state index contributed by atoms with van der Waals surface area (Å²) < 4.78 is 14.1. The fraction of sp³-hybridized carbons (Fsp3) is 0.143. The highest BCUT2D eigenvalue weighted by atomic mass is 32.2. The normalized spacial score (nSPS) is 10.2. The predicted octanol–water partition coefficient (Wildman–Crippen LogP) is 0.902. The number of aromatic nitrogens is 3. The first-order valence-corrected chi connectivity index (χ1v) is 7.77. The van der Waals surface area contributed by atoms with E-state index >= 15 is 0 Å². The molecule has 0 spiro atoms. The smallest absolute Gasteiger partial charge is 0.321 e. The van der Waals surface area contributed by atoms with Crippen LogP contribution in [0.5, 0.6) is 0 Å². The van der Waals surface area contributed by atoms with E-state index in [1.54, 1.807) is 0 Å². The number of imide groups is 1. The Kier molecular flexibility index (Phi) is 5.90. The highest BCUT2D eigenvalue weighted by Crippen LogP contribution is 2.21. The summed E-state index contributed by atoms with van der Waals surface area (Å²) in [7, 11) is 0. The number of nitrogens with two attached hydrogens (primary N) is 1. The molecule has 0 radical (unpaired) electrons. The molecule has 1 aromatic heterocycles. The molecule has 0 saturated heterocycles. The summed E-state index contributed by atoms with van der Waals surface area (Å²) >= 11 is 1.02. The number of nitrogen functional groups attached to an aromatic ring is 1. The summed E-state index contributed by atoms with van der Waals surface area (Å²) in [6.45, 7) is 3.70. The molecule has 4 N–H and O–H groups in total. The second-order valence-corrected chi connectivity index (χ2v) is 5.46. The van der Waals surface area contributed by atoms with Crippen molar-refractivity contribution in [1.29, 1.82) is 0 Å². The van der Waals surface area contributed by atoms with Crippen LogP contribution >= 0.6 is 11.8 Å². The van der Waals surface area contributed by atoms with Crippen molar-refractivity contribution in [2.45, 2.75) is 5.16 Å². The number of carbonyl (C=O) groups excluding carboxylic acids is 2. The molecule has 0 fully saturated rings. The molecule has 8 nitrogen and oxygen atoms in total. The van der Waals surface area contributed by atoms with Crippen molar-refractivity contribution in [3.63, 3.8) is 0 Å². The largest absolute Gasteiger partial charge is 0.335 e. The van der Waals surface area contributed by atoms with E-state index in [0.717, 1.165) is 11.8 Å². The third-order valence-electron chi connectivity index (χ3n) is 2.76. The van der Waals surface area contributed by atoms with Gasteiger partial charge in [-0.3, -0.25) is 10.1 Å². The summed E-state index contributed by atoms with van der Waals surface area (Å²) in [6, 6.07) is 5.00. The molecule has 2 rings (SSSR count). The second kappa shape index (κ2) is 8.11. The van der Waals surface area contributed by atoms with Crippen molar-refractivity contribution in [2.24, 2.45) is 0 Å². The third kappa shape index (κ3) is 4.56. The van der Waals surface area contributed by atoms with Gasteiger partial charge in [0.25, 0.3) is 0 Å². The lowest BCUT2D eigenvalue weighted by Gasteiger charge is -2.05. The van der Waals surface area contributed by atoms with Gasteiger partial charge >= 0.3 is 6.03 Å². The number of rotatable bonds is 6. The van der Waals surface area contributed by atoms with Crippen LogP contribution < -0.4 is 16.5 Å². The lowest BCUT2D eigenvalue weighted by molar-refractivity contribution is -0.117. The monoisotopic (exact) mass is 350 g/mol. The van der Waals surface area contributed by atoms with Crippen LogP contribution in [0.25, 0.3) is 11.4 Å². The van der Waals surface area contributed by atoms with Crippen molar-refractivity contribution in [2.75, 3.05) is 18.1 Å².